The van der Waals surface area contributed by atoms with Gasteiger partial charge in [0.25, 0.3) is 0 Å². The van der Waals surface area contributed by atoms with E-state index in [9.17, 15) is 4.79 Å². The lowest BCUT2D eigenvalue weighted by molar-refractivity contribution is -0.106. The average Bonchev–Trinajstić information content (AvgIpc) is 1.69. The summed E-state index contributed by atoms with van der Waals surface area (Å²) in [6, 6.07) is 0. The molecular formula is C6H10O2. The van der Waals surface area contributed by atoms with Crippen LogP contribution in [0.25, 0.3) is 0 Å². The Morgan fingerprint density at radius 2 is 1.62 bits per heavy atom. The zero-order valence-electron chi connectivity index (χ0n) is 5.18. The molecule has 2 nitrogen and oxygen atoms in total. The summed E-state index contributed by atoms with van der Waals surface area (Å²) in [5.74, 6) is 0. The van der Waals surface area contributed by atoms with Gasteiger partial charge in [0.1, 0.15) is 12.6 Å². The van der Waals surface area contributed by atoms with Gasteiger partial charge in [0.05, 0.1) is 0 Å². The van der Waals surface area contributed by atoms with E-state index >= 15 is 0 Å². The number of carbonyl (C=O) groups excluding carboxylic acids is 2. The Morgan fingerprint density at radius 1 is 1.50 bits per heavy atom. The van der Waals surface area contributed by atoms with Crippen molar-refractivity contribution in [2.24, 2.45) is 0 Å². The van der Waals surface area contributed by atoms with Crippen molar-refractivity contribution in [1.29, 1.82) is 0 Å². The quantitative estimate of drug-likeness (QED) is 0.376. The molecule has 0 radical (unpaired) electrons. The van der Waals surface area contributed by atoms with E-state index in [0.29, 0.717) is 5.57 Å². The van der Waals surface area contributed by atoms with Gasteiger partial charge in [-0.3, -0.25) is 4.79 Å². The van der Waals surface area contributed by atoms with Crippen LogP contribution < -0.4 is 0 Å². The van der Waals surface area contributed by atoms with Gasteiger partial charge in [-0.15, -0.1) is 0 Å². The standard InChI is InChI=1S/C4H6O.C2H4O/c1-4(2)3-5;1-2-3/h3H,1H2,2H3;2H,1H3. The van der Waals surface area contributed by atoms with Crippen LogP contribution in [0, 0.1) is 0 Å². The van der Waals surface area contributed by atoms with E-state index in [0.717, 1.165) is 12.6 Å². The van der Waals surface area contributed by atoms with Crippen LogP contribution in [0.4, 0.5) is 0 Å². The molecular weight excluding hydrogens is 104 g/mol. The van der Waals surface area contributed by atoms with Crippen molar-refractivity contribution in [3.05, 3.63) is 12.2 Å². The van der Waals surface area contributed by atoms with Crippen LogP contribution in [-0.4, -0.2) is 12.6 Å². The normalized spacial score (nSPS) is 5.75. The lowest BCUT2D eigenvalue weighted by Crippen LogP contribution is -1.65. The molecule has 0 aromatic rings. The number of carbonyl (C=O) groups is 2. The summed E-state index contributed by atoms with van der Waals surface area (Å²) >= 11 is 0. The van der Waals surface area contributed by atoms with E-state index in [1.807, 2.05) is 0 Å². The summed E-state index contributed by atoms with van der Waals surface area (Å²) < 4.78 is 0. The van der Waals surface area contributed by atoms with E-state index in [1.165, 1.54) is 6.92 Å². The molecule has 0 saturated heterocycles. The Bertz CT molecular complexity index is 84.5. The van der Waals surface area contributed by atoms with Crippen LogP contribution in [-0.2, 0) is 9.59 Å². The molecule has 0 aromatic heterocycles. The van der Waals surface area contributed by atoms with Crippen molar-refractivity contribution >= 4 is 12.6 Å². The minimum absolute atomic E-state index is 0.574. The minimum atomic E-state index is 0.574. The smallest absolute Gasteiger partial charge is 0.145 e. The first-order valence-electron chi connectivity index (χ1n) is 2.19. The molecule has 0 fully saturated rings. The first-order chi connectivity index (χ1) is 3.68. The number of hydrogen-bond donors (Lipinski definition) is 0. The van der Waals surface area contributed by atoms with Crippen LogP contribution in [0.2, 0.25) is 0 Å². The second-order valence-electron chi connectivity index (χ2n) is 1.20. The summed E-state index contributed by atoms with van der Waals surface area (Å²) in [7, 11) is 0. The van der Waals surface area contributed by atoms with Crippen LogP contribution >= 0.6 is 0 Å². The molecule has 8 heavy (non-hydrogen) atoms. The highest BCUT2D eigenvalue weighted by atomic mass is 16.1. The molecule has 0 rings (SSSR count). The Hall–Kier alpha value is -0.920. The van der Waals surface area contributed by atoms with Crippen molar-refractivity contribution in [1.82, 2.24) is 0 Å². The molecule has 0 heterocycles. The third-order valence-electron chi connectivity index (χ3n) is 0.201. The third-order valence-corrected chi connectivity index (χ3v) is 0.201. The first kappa shape index (κ1) is 10.1. The lowest BCUT2D eigenvalue weighted by Gasteiger charge is -1.65. The summed E-state index contributed by atoms with van der Waals surface area (Å²) in [6.45, 7) is 6.41. The summed E-state index contributed by atoms with van der Waals surface area (Å²) in [5.41, 5.74) is 0.574. The molecule has 0 aromatic carbocycles. The Kier molecular flexibility index (Phi) is 11.9. The fourth-order valence-electron chi connectivity index (χ4n) is 0. The van der Waals surface area contributed by atoms with Gasteiger partial charge in [0.15, 0.2) is 0 Å². The van der Waals surface area contributed by atoms with Crippen molar-refractivity contribution < 1.29 is 9.59 Å². The van der Waals surface area contributed by atoms with Crippen LogP contribution in [0.1, 0.15) is 13.8 Å². The average molecular weight is 114 g/mol. The molecule has 0 aliphatic rings. The second kappa shape index (κ2) is 9.43. The summed E-state index contributed by atoms with van der Waals surface area (Å²) in [5, 5.41) is 0. The molecule has 0 saturated carbocycles. The van der Waals surface area contributed by atoms with E-state index < -0.39 is 0 Å². The van der Waals surface area contributed by atoms with E-state index in [4.69, 9.17) is 4.79 Å². The fourth-order valence-corrected chi connectivity index (χ4v) is 0. The highest BCUT2D eigenvalue weighted by molar-refractivity contribution is 5.70. The van der Waals surface area contributed by atoms with Crippen molar-refractivity contribution in [2.45, 2.75) is 13.8 Å². The first-order valence-corrected chi connectivity index (χ1v) is 2.19. The Morgan fingerprint density at radius 3 is 1.62 bits per heavy atom. The molecule has 0 aliphatic carbocycles. The fraction of sp³-hybridized carbons (Fsp3) is 0.333. The maximum absolute atomic E-state index is 9.41. The maximum Gasteiger partial charge on any atom is 0.145 e. The van der Waals surface area contributed by atoms with E-state index in [2.05, 4.69) is 6.58 Å². The molecule has 0 bridgehead atoms. The summed E-state index contributed by atoms with van der Waals surface area (Å²) in [6.07, 6.45) is 1.47. The molecule has 0 unspecified atom stereocenters. The van der Waals surface area contributed by atoms with E-state index in [1.54, 1.807) is 6.92 Å². The van der Waals surface area contributed by atoms with Gasteiger partial charge in [-0.05, 0) is 19.4 Å². The van der Waals surface area contributed by atoms with Crippen molar-refractivity contribution in [3.63, 3.8) is 0 Å². The van der Waals surface area contributed by atoms with Crippen LogP contribution in [0.15, 0.2) is 12.2 Å². The van der Waals surface area contributed by atoms with Crippen LogP contribution in [0.3, 0.4) is 0 Å². The number of rotatable bonds is 1. The third kappa shape index (κ3) is 72.5. The number of aldehydes is 2. The summed E-state index contributed by atoms with van der Waals surface area (Å²) in [4.78, 5) is 18.2. The van der Waals surface area contributed by atoms with Crippen molar-refractivity contribution in [3.8, 4) is 0 Å². The predicted molar refractivity (Wildman–Crippen MR) is 32.6 cm³/mol. The molecule has 2 heteroatoms. The van der Waals surface area contributed by atoms with Gasteiger partial charge in [-0.2, -0.15) is 0 Å². The zero-order valence-corrected chi connectivity index (χ0v) is 5.18. The number of allylic oxidation sites excluding steroid dienone is 1. The molecule has 0 N–H and O–H groups in total. The van der Waals surface area contributed by atoms with Crippen molar-refractivity contribution in [2.75, 3.05) is 0 Å². The topological polar surface area (TPSA) is 34.1 Å². The predicted octanol–water partition coefficient (Wildman–Crippen LogP) is 0.967. The Balaban J connectivity index is 0. The van der Waals surface area contributed by atoms with Crippen LogP contribution in [0.5, 0.6) is 0 Å². The van der Waals surface area contributed by atoms with Gasteiger partial charge in [0.2, 0.25) is 0 Å². The van der Waals surface area contributed by atoms with E-state index in [-0.39, 0.29) is 0 Å². The van der Waals surface area contributed by atoms with Gasteiger partial charge in [-0.1, -0.05) is 6.58 Å². The van der Waals surface area contributed by atoms with Gasteiger partial charge >= 0.3 is 0 Å². The SMILES string of the molecule is C=C(C)C=O.CC=O. The molecule has 0 aliphatic heterocycles. The second-order valence-corrected chi connectivity index (χ2v) is 1.20. The zero-order chi connectivity index (χ0) is 6.99. The molecule has 0 spiro atoms. The van der Waals surface area contributed by atoms with Gasteiger partial charge in [-0.25, -0.2) is 0 Å². The molecule has 0 amide bonds. The maximum atomic E-state index is 9.41. The number of hydrogen-bond acceptors (Lipinski definition) is 2. The minimum Gasteiger partial charge on any atom is -0.304 e. The largest absolute Gasteiger partial charge is 0.304 e. The highest BCUT2D eigenvalue weighted by Crippen LogP contribution is 1.70. The lowest BCUT2D eigenvalue weighted by atomic mass is 10.4. The highest BCUT2D eigenvalue weighted by Gasteiger charge is 1.66. The molecule has 46 valence electrons. The van der Waals surface area contributed by atoms with Gasteiger partial charge in [0, 0.05) is 0 Å². The Labute approximate surface area is 49.2 Å². The van der Waals surface area contributed by atoms with Gasteiger partial charge < -0.3 is 4.79 Å². The monoisotopic (exact) mass is 114 g/mol. The molecule has 0 atom stereocenters.